The van der Waals surface area contributed by atoms with Crippen molar-refractivity contribution in [2.45, 2.75) is 33.1 Å². The van der Waals surface area contributed by atoms with E-state index in [1.807, 2.05) is 12.1 Å². The van der Waals surface area contributed by atoms with Gasteiger partial charge < -0.3 is 9.47 Å². The zero-order chi connectivity index (χ0) is 15.7. The number of benzene rings is 1. The molecule has 1 aliphatic heterocycles. The molecule has 1 fully saturated rings. The Morgan fingerprint density at radius 3 is 2.32 bits per heavy atom. The first kappa shape index (κ1) is 15.6. The van der Waals surface area contributed by atoms with Crippen LogP contribution in [0.2, 0.25) is 5.02 Å². The number of nitrogens with zero attached hydrogens (tertiary/aromatic N) is 2. The molecule has 0 amide bonds. The van der Waals surface area contributed by atoms with E-state index in [0.29, 0.717) is 0 Å². The van der Waals surface area contributed by atoms with E-state index >= 15 is 0 Å². The van der Waals surface area contributed by atoms with E-state index in [-0.39, 0.29) is 0 Å². The Kier molecular flexibility index (Phi) is 4.55. The number of rotatable bonds is 2. The molecule has 1 aromatic carbocycles. The first-order valence-corrected chi connectivity index (χ1v) is 8.60. The summed E-state index contributed by atoms with van der Waals surface area (Å²) in [5.74, 6) is 0. The van der Waals surface area contributed by atoms with Crippen LogP contribution in [0.4, 0.5) is 0 Å². The molecule has 2 aromatic rings. The van der Waals surface area contributed by atoms with Gasteiger partial charge in [0, 0.05) is 40.8 Å². The quantitative estimate of drug-likeness (QED) is 0.722. The average molecular weight is 333 g/mol. The van der Waals surface area contributed by atoms with Gasteiger partial charge >= 0.3 is 0 Å². The maximum absolute atomic E-state index is 6.00. The summed E-state index contributed by atoms with van der Waals surface area (Å²) in [6.07, 6.45) is 3.81. The molecular formula is C18H21ClN2S. The van der Waals surface area contributed by atoms with Gasteiger partial charge in [0.05, 0.1) is 0 Å². The maximum Gasteiger partial charge on any atom is 0.111 e. The van der Waals surface area contributed by atoms with E-state index in [0.717, 1.165) is 28.8 Å². The fourth-order valence-electron chi connectivity index (χ4n) is 3.23. The molecule has 116 valence electrons. The van der Waals surface area contributed by atoms with Gasteiger partial charge in [-0.3, -0.25) is 0 Å². The van der Waals surface area contributed by atoms with Crippen molar-refractivity contribution in [2.24, 2.45) is 0 Å². The molecular weight excluding hydrogens is 312 g/mol. The summed E-state index contributed by atoms with van der Waals surface area (Å²) in [7, 11) is 0. The summed E-state index contributed by atoms with van der Waals surface area (Å²) in [6, 6.07) is 10.2. The topological polar surface area (TPSA) is 8.17 Å². The Balaban J connectivity index is 1.95. The van der Waals surface area contributed by atoms with Crippen LogP contribution in [0.15, 0.2) is 30.3 Å². The van der Waals surface area contributed by atoms with Gasteiger partial charge in [-0.15, -0.1) is 0 Å². The molecule has 0 saturated carbocycles. The Morgan fingerprint density at radius 2 is 1.68 bits per heavy atom. The molecule has 22 heavy (non-hydrogen) atoms. The van der Waals surface area contributed by atoms with E-state index < -0.39 is 0 Å². The van der Waals surface area contributed by atoms with Gasteiger partial charge in [0.25, 0.3) is 0 Å². The highest BCUT2D eigenvalue weighted by atomic mass is 35.5. The van der Waals surface area contributed by atoms with Gasteiger partial charge in [0.2, 0.25) is 0 Å². The fraction of sp³-hybridized carbons (Fsp3) is 0.389. The number of aryl methyl sites for hydroxylation is 1. The van der Waals surface area contributed by atoms with Crippen molar-refractivity contribution in [3.8, 4) is 5.69 Å². The first-order valence-electron chi connectivity index (χ1n) is 7.82. The Morgan fingerprint density at radius 1 is 1.05 bits per heavy atom. The summed E-state index contributed by atoms with van der Waals surface area (Å²) in [5.41, 5.74) is 4.72. The minimum Gasteiger partial charge on any atom is -0.362 e. The van der Waals surface area contributed by atoms with Gasteiger partial charge in [0.1, 0.15) is 4.99 Å². The number of likely N-dealkylation sites (tertiary alicyclic amines) is 1. The predicted octanol–water partition coefficient (Wildman–Crippen LogP) is 4.91. The summed E-state index contributed by atoms with van der Waals surface area (Å²) in [5, 5.41) is 0.760. The van der Waals surface area contributed by atoms with Crippen LogP contribution in [0.5, 0.6) is 0 Å². The molecule has 4 heteroatoms. The largest absolute Gasteiger partial charge is 0.362 e. The number of piperidine rings is 1. The molecule has 0 bridgehead atoms. The third-order valence-corrected chi connectivity index (χ3v) is 5.12. The molecule has 1 saturated heterocycles. The molecule has 0 atom stereocenters. The second-order valence-electron chi connectivity index (χ2n) is 5.95. The van der Waals surface area contributed by atoms with Crippen molar-refractivity contribution >= 4 is 28.8 Å². The van der Waals surface area contributed by atoms with E-state index in [9.17, 15) is 0 Å². The van der Waals surface area contributed by atoms with Crippen molar-refractivity contribution in [1.29, 1.82) is 0 Å². The number of halogens is 1. The van der Waals surface area contributed by atoms with Crippen molar-refractivity contribution in [1.82, 2.24) is 9.47 Å². The number of hydrogen-bond donors (Lipinski definition) is 0. The summed E-state index contributed by atoms with van der Waals surface area (Å²) < 4.78 is 2.25. The molecule has 1 aliphatic rings. The van der Waals surface area contributed by atoms with Gasteiger partial charge in [-0.25, -0.2) is 0 Å². The lowest BCUT2D eigenvalue weighted by Gasteiger charge is -2.29. The first-order chi connectivity index (χ1) is 10.6. The zero-order valence-corrected chi connectivity index (χ0v) is 14.7. The molecule has 2 nitrogen and oxygen atoms in total. The van der Waals surface area contributed by atoms with Crippen LogP contribution >= 0.6 is 23.8 Å². The second kappa shape index (κ2) is 6.43. The molecule has 3 rings (SSSR count). The Labute approximate surface area is 142 Å². The van der Waals surface area contributed by atoms with E-state index in [1.165, 1.54) is 36.2 Å². The average Bonchev–Trinajstić information content (AvgIpc) is 2.83. The lowest BCUT2D eigenvalue weighted by Crippen LogP contribution is -2.35. The van der Waals surface area contributed by atoms with Crippen LogP contribution in [0.25, 0.3) is 5.69 Å². The lowest BCUT2D eigenvalue weighted by atomic mass is 10.1. The molecule has 0 radical (unpaired) electrons. The minimum atomic E-state index is 0.760. The highest BCUT2D eigenvalue weighted by molar-refractivity contribution is 7.80. The van der Waals surface area contributed by atoms with Crippen molar-refractivity contribution in [2.75, 3.05) is 13.1 Å². The van der Waals surface area contributed by atoms with Crippen LogP contribution in [0.1, 0.15) is 36.2 Å². The normalized spacial score (nSPS) is 15.1. The maximum atomic E-state index is 6.00. The molecule has 0 unspecified atom stereocenters. The SMILES string of the molecule is Cc1cc(C(=S)N2CCCCC2)c(C)n1-c1ccc(Cl)cc1. The van der Waals surface area contributed by atoms with Crippen LogP contribution in [-0.4, -0.2) is 27.5 Å². The standard InChI is InChI=1S/C18H21ClN2S/c1-13-12-17(18(22)20-10-4-3-5-11-20)14(2)21(13)16-8-6-15(19)7-9-16/h6-9,12H,3-5,10-11H2,1-2H3. The third-order valence-electron chi connectivity index (χ3n) is 4.39. The van der Waals surface area contributed by atoms with Crippen LogP contribution in [0.3, 0.4) is 0 Å². The van der Waals surface area contributed by atoms with Crippen LogP contribution in [0, 0.1) is 13.8 Å². The molecule has 0 spiro atoms. The zero-order valence-electron chi connectivity index (χ0n) is 13.1. The van der Waals surface area contributed by atoms with E-state index in [4.69, 9.17) is 23.8 Å². The van der Waals surface area contributed by atoms with Gasteiger partial charge in [0.15, 0.2) is 0 Å². The van der Waals surface area contributed by atoms with Crippen LogP contribution < -0.4 is 0 Å². The number of thiocarbonyl (C=S) groups is 1. The van der Waals surface area contributed by atoms with E-state index in [2.05, 4.69) is 41.5 Å². The lowest BCUT2D eigenvalue weighted by molar-refractivity contribution is 0.347. The predicted molar refractivity (Wildman–Crippen MR) is 97.4 cm³/mol. The Bertz CT molecular complexity index is 682. The molecule has 0 aliphatic carbocycles. The van der Waals surface area contributed by atoms with Crippen molar-refractivity contribution in [3.63, 3.8) is 0 Å². The second-order valence-corrected chi connectivity index (χ2v) is 6.77. The number of hydrogen-bond acceptors (Lipinski definition) is 1. The summed E-state index contributed by atoms with van der Waals surface area (Å²) in [6.45, 7) is 6.45. The van der Waals surface area contributed by atoms with Crippen molar-refractivity contribution < 1.29 is 0 Å². The highest BCUT2D eigenvalue weighted by Crippen LogP contribution is 2.24. The van der Waals surface area contributed by atoms with E-state index in [1.54, 1.807) is 0 Å². The van der Waals surface area contributed by atoms with Gasteiger partial charge in [-0.2, -0.15) is 0 Å². The number of aromatic nitrogens is 1. The molecule has 2 heterocycles. The molecule has 1 aromatic heterocycles. The van der Waals surface area contributed by atoms with Gasteiger partial charge in [-0.05, 0) is 63.4 Å². The third kappa shape index (κ3) is 2.92. The smallest absolute Gasteiger partial charge is 0.111 e. The highest BCUT2D eigenvalue weighted by Gasteiger charge is 2.20. The Hall–Kier alpha value is -1.32. The minimum absolute atomic E-state index is 0.760. The fourth-order valence-corrected chi connectivity index (χ4v) is 3.75. The van der Waals surface area contributed by atoms with Gasteiger partial charge in [-0.1, -0.05) is 23.8 Å². The van der Waals surface area contributed by atoms with Crippen LogP contribution in [-0.2, 0) is 0 Å². The molecule has 0 N–H and O–H groups in total. The van der Waals surface area contributed by atoms with Crippen molar-refractivity contribution in [3.05, 3.63) is 52.3 Å². The summed E-state index contributed by atoms with van der Waals surface area (Å²) in [4.78, 5) is 3.35. The summed E-state index contributed by atoms with van der Waals surface area (Å²) >= 11 is 11.8. The monoisotopic (exact) mass is 332 g/mol.